The first kappa shape index (κ1) is 4.44. The molecule has 0 heteroatoms. The van der Waals surface area contributed by atoms with Crippen LogP contribution in [0, 0.1) is 29.6 Å². The van der Waals surface area contributed by atoms with Gasteiger partial charge in [0.15, 0.2) is 0 Å². The quantitative estimate of drug-likeness (QED) is 0.412. The summed E-state index contributed by atoms with van der Waals surface area (Å²) < 4.78 is 0. The Bertz CT molecular complexity index is 163. The van der Waals surface area contributed by atoms with Crippen LogP contribution in [-0.2, 0) is 0 Å². The minimum atomic E-state index is 0.620. The molecule has 8 heavy (non-hydrogen) atoms. The van der Waals surface area contributed by atoms with Gasteiger partial charge in [0.25, 0.3) is 0 Å². The molecule has 2 rings (SSSR count). The molecule has 0 aromatic carbocycles. The fraction of sp³-hybridized carbons (Fsp3) is 0.750. The van der Waals surface area contributed by atoms with Crippen LogP contribution in [-0.4, -0.2) is 0 Å². The Morgan fingerprint density at radius 3 is 2.62 bits per heavy atom. The molecule has 0 heterocycles. The van der Waals surface area contributed by atoms with Crippen LogP contribution in [0.25, 0.3) is 0 Å². The molecule has 0 spiro atoms. The van der Waals surface area contributed by atoms with Crippen LogP contribution < -0.4 is 0 Å². The Morgan fingerprint density at radius 1 is 1.75 bits per heavy atom. The Kier molecular flexibility index (Phi) is 0.531. The summed E-state index contributed by atoms with van der Waals surface area (Å²) in [7, 11) is 0. The third-order valence-corrected chi connectivity index (χ3v) is 2.98. The van der Waals surface area contributed by atoms with Crippen LogP contribution in [0.3, 0.4) is 0 Å². The van der Waals surface area contributed by atoms with Gasteiger partial charge in [0.1, 0.15) is 0 Å². The van der Waals surface area contributed by atoms with E-state index in [0.29, 0.717) is 11.3 Å². The van der Waals surface area contributed by atoms with E-state index < -0.39 is 0 Å². The van der Waals surface area contributed by atoms with Gasteiger partial charge in [-0.3, -0.25) is 0 Å². The second kappa shape index (κ2) is 0.957. The van der Waals surface area contributed by atoms with Crippen molar-refractivity contribution in [2.45, 2.75) is 19.8 Å². The molecule has 2 saturated carbocycles. The van der Waals surface area contributed by atoms with Crippen molar-refractivity contribution in [1.82, 2.24) is 0 Å². The largest absolute Gasteiger partial charge is 0.120 e. The molecule has 2 fully saturated rings. The maximum Gasteiger partial charge on any atom is 0.0259 e. The van der Waals surface area contributed by atoms with Crippen LogP contribution in [0.2, 0.25) is 0 Å². The van der Waals surface area contributed by atoms with Gasteiger partial charge in [0, 0.05) is 5.92 Å². The topological polar surface area (TPSA) is 0 Å². The average molecular weight is 106 g/mol. The smallest absolute Gasteiger partial charge is 0.0259 e. The summed E-state index contributed by atoms with van der Waals surface area (Å²) in [5.74, 6) is 4.48. The van der Waals surface area contributed by atoms with Gasteiger partial charge in [-0.2, -0.15) is 0 Å². The van der Waals surface area contributed by atoms with Gasteiger partial charge < -0.3 is 0 Å². The Balaban J connectivity index is 2.16. The first-order valence-corrected chi connectivity index (χ1v) is 3.23. The van der Waals surface area contributed by atoms with E-state index in [1.807, 2.05) is 0 Å². The van der Waals surface area contributed by atoms with E-state index in [1.165, 1.54) is 12.8 Å². The van der Waals surface area contributed by atoms with Gasteiger partial charge in [-0.15, -0.1) is 12.3 Å². The lowest BCUT2D eigenvalue weighted by Gasteiger charge is -2.28. The summed E-state index contributed by atoms with van der Waals surface area (Å²) in [5.41, 5.74) is 0.620. The zero-order valence-electron chi connectivity index (χ0n) is 5.15. The van der Waals surface area contributed by atoms with E-state index in [0.717, 1.165) is 5.92 Å². The predicted molar refractivity (Wildman–Crippen MR) is 33.2 cm³/mol. The van der Waals surface area contributed by atoms with Crippen molar-refractivity contribution in [2.24, 2.45) is 17.3 Å². The Labute approximate surface area is 50.3 Å². The van der Waals surface area contributed by atoms with Crippen LogP contribution in [0.5, 0.6) is 0 Å². The molecule has 0 saturated heterocycles. The Morgan fingerprint density at radius 2 is 2.50 bits per heavy atom. The van der Waals surface area contributed by atoms with Crippen molar-refractivity contribution in [1.29, 1.82) is 0 Å². The molecule has 2 aliphatic carbocycles. The van der Waals surface area contributed by atoms with Crippen LogP contribution in [0.4, 0.5) is 0 Å². The van der Waals surface area contributed by atoms with E-state index >= 15 is 0 Å². The SMILES string of the molecule is C#CC1CC2CC12C. The second-order valence-corrected chi connectivity index (χ2v) is 3.36. The summed E-state index contributed by atoms with van der Waals surface area (Å²) >= 11 is 0. The molecule has 0 radical (unpaired) electrons. The summed E-state index contributed by atoms with van der Waals surface area (Å²) in [6.45, 7) is 2.31. The lowest BCUT2D eigenvalue weighted by atomic mass is 9.75. The third kappa shape index (κ3) is 0.274. The van der Waals surface area contributed by atoms with E-state index in [2.05, 4.69) is 12.8 Å². The minimum Gasteiger partial charge on any atom is -0.120 e. The maximum absolute atomic E-state index is 5.29. The van der Waals surface area contributed by atoms with Gasteiger partial charge in [-0.25, -0.2) is 0 Å². The maximum atomic E-state index is 5.29. The van der Waals surface area contributed by atoms with E-state index in [-0.39, 0.29) is 0 Å². The number of fused-ring (bicyclic) bond motifs is 1. The lowest BCUT2D eigenvalue weighted by Crippen LogP contribution is -2.23. The first-order chi connectivity index (χ1) is 3.77. The summed E-state index contributed by atoms with van der Waals surface area (Å²) in [6, 6.07) is 0. The number of hydrogen-bond donors (Lipinski definition) is 0. The van der Waals surface area contributed by atoms with E-state index in [1.54, 1.807) is 0 Å². The molecule has 0 aromatic heterocycles. The number of terminal acetylenes is 1. The van der Waals surface area contributed by atoms with Crippen molar-refractivity contribution in [2.75, 3.05) is 0 Å². The first-order valence-electron chi connectivity index (χ1n) is 3.23. The van der Waals surface area contributed by atoms with Crippen LogP contribution in [0.1, 0.15) is 19.8 Å². The fourth-order valence-corrected chi connectivity index (χ4v) is 1.90. The average Bonchev–Trinajstić information content (AvgIpc) is 2.21. The highest BCUT2D eigenvalue weighted by Gasteiger charge is 2.63. The molecule has 2 aliphatic rings. The van der Waals surface area contributed by atoms with Crippen molar-refractivity contribution in [3.05, 3.63) is 0 Å². The van der Waals surface area contributed by atoms with E-state index in [9.17, 15) is 0 Å². The van der Waals surface area contributed by atoms with Crippen molar-refractivity contribution in [3.63, 3.8) is 0 Å². The predicted octanol–water partition coefficient (Wildman–Crippen LogP) is 1.67. The normalized spacial score (nSPS) is 58.0. The van der Waals surface area contributed by atoms with Gasteiger partial charge in [-0.1, -0.05) is 6.92 Å². The van der Waals surface area contributed by atoms with Crippen molar-refractivity contribution >= 4 is 0 Å². The minimum absolute atomic E-state index is 0.620. The third-order valence-electron chi connectivity index (χ3n) is 2.98. The molecule has 0 bridgehead atoms. The fourth-order valence-electron chi connectivity index (χ4n) is 1.90. The van der Waals surface area contributed by atoms with Gasteiger partial charge in [0.2, 0.25) is 0 Å². The molecule has 3 unspecified atom stereocenters. The highest BCUT2D eigenvalue weighted by atomic mass is 14.7. The van der Waals surface area contributed by atoms with Crippen LogP contribution in [0.15, 0.2) is 0 Å². The molecule has 0 aliphatic heterocycles. The zero-order chi connectivity index (χ0) is 5.78. The molecule has 0 aromatic rings. The summed E-state index contributed by atoms with van der Waals surface area (Å²) in [6.07, 6.45) is 8.00. The molecular formula is C8H10. The molecular weight excluding hydrogens is 96.1 g/mol. The number of hydrogen-bond acceptors (Lipinski definition) is 0. The summed E-state index contributed by atoms with van der Waals surface area (Å²) in [4.78, 5) is 0. The zero-order valence-corrected chi connectivity index (χ0v) is 5.15. The second-order valence-electron chi connectivity index (χ2n) is 3.36. The Hall–Kier alpha value is -0.440. The van der Waals surface area contributed by atoms with Crippen molar-refractivity contribution in [3.8, 4) is 12.3 Å². The van der Waals surface area contributed by atoms with Gasteiger partial charge >= 0.3 is 0 Å². The van der Waals surface area contributed by atoms with Gasteiger partial charge in [0.05, 0.1) is 0 Å². The highest BCUT2D eigenvalue weighted by molar-refractivity contribution is 5.21. The summed E-state index contributed by atoms with van der Waals surface area (Å²) in [5, 5.41) is 0. The lowest BCUT2D eigenvalue weighted by molar-refractivity contribution is 0.242. The van der Waals surface area contributed by atoms with Crippen LogP contribution >= 0.6 is 0 Å². The van der Waals surface area contributed by atoms with Crippen molar-refractivity contribution < 1.29 is 0 Å². The molecule has 0 N–H and O–H groups in total. The monoisotopic (exact) mass is 106 g/mol. The number of rotatable bonds is 0. The molecule has 3 atom stereocenters. The standard InChI is InChI=1S/C8H10/c1-3-6-4-7-5-8(6,7)2/h1,6-7H,4-5H2,2H3. The molecule has 42 valence electrons. The molecule has 0 amide bonds. The van der Waals surface area contributed by atoms with E-state index in [4.69, 9.17) is 6.42 Å². The van der Waals surface area contributed by atoms with Gasteiger partial charge in [-0.05, 0) is 24.2 Å². The highest BCUT2D eigenvalue weighted by Crippen LogP contribution is 2.70. The molecule has 0 nitrogen and oxygen atoms in total.